The van der Waals surface area contributed by atoms with Gasteiger partial charge in [-0.15, -0.1) is 0 Å². The Balaban J connectivity index is 1.90. The quantitative estimate of drug-likeness (QED) is 0.595. The summed E-state index contributed by atoms with van der Waals surface area (Å²) in [6.07, 6.45) is 1.21. The van der Waals surface area contributed by atoms with Crippen molar-refractivity contribution >= 4 is 48.0 Å². The van der Waals surface area contributed by atoms with Gasteiger partial charge < -0.3 is 15.1 Å². The third-order valence-electron chi connectivity index (χ3n) is 4.79. The number of anilines is 2. The van der Waals surface area contributed by atoms with Crippen molar-refractivity contribution in [2.75, 3.05) is 11.1 Å². The van der Waals surface area contributed by atoms with Crippen molar-refractivity contribution in [1.82, 2.24) is 15.0 Å². The lowest BCUT2D eigenvalue weighted by molar-refractivity contribution is 0.210. The van der Waals surface area contributed by atoms with E-state index in [0.29, 0.717) is 5.82 Å². The van der Waals surface area contributed by atoms with Crippen LogP contribution in [-0.2, 0) is 4.43 Å². The lowest BCUT2D eigenvalue weighted by Crippen LogP contribution is -2.43. The third-order valence-corrected chi connectivity index (χ3v) is 9.10. The summed E-state index contributed by atoms with van der Waals surface area (Å²) in [5.41, 5.74) is 7.74. The molecule has 0 unspecified atom stereocenters. The Bertz CT molecular complexity index is 959. The van der Waals surface area contributed by atoms with E-state index >= 15 is 0 Å². The zero-order valence-electron chi connectivity index (χ0n) is 15.1. The van der Waals surface area contributed by atoms with Gasteiger partial charge in [0.1, 0.15) is 5.82 Å². The Morgan fingerprint density at radius 1 is 1.28 bits per heavy atom. The molecule has 0 saturated heterocycles. The molecule has 0 bridgehead atoms. The molecule has 0 aliphatic heterocycles. The maximum Gasteiger partial charge on any atom is 0.400 e. The monoisotopic (exact) mass is 357 g/mol. The Labute approximate surface area is 147 Å². The predicted octanol–water partition coefficient (Wildman–Crippen LogP) is 4.25. The standard InChI is InChI=1S/C17H23N5O2Si/c1-17(2,3)25(4,5)24-16(23)22-15-20-12-7-6-11-10(8-9-19-11)13(12)14(18)21-15/h6-9H,18H2,1-5H3,(H2,20,21,22,23). The summed E-state index contributed by atoms with van der Waals surface area (Å²) in [6, 6.07) is 5.65. The number of nitrogens with two attached hydrogens (primary N) is 1. The van der Waals surface area contributed by atoms with Gasteiger partial charge in [0.15, 0.2) is 0 Å². The van der Waals surface area contributed by atoms with Gasteiger partial charge in [-0.3, -0.25) is 10.3 Å². The summed E-state index contributed by atoms with van der Waals surface area (Å²) in [7, 11) is -2.21. The summed E-state index contributed by atoms with van der Waals surface area (Å²) in [4.78, 5) is 23.9. The van der Waals surface area contributed by atoms with Crippen LogP contribution in [0, 0.1) is 0 Å². The van der Waals surface area contributed by atoms with E-state index in [1.54, 1.807) is 6.20 Å². The van der Waals surface area contributed by atoms with Crippen LogP contribution in [0.3, 0.4) is 0 Å². The van der Waals surface area contributed by atoms with E-state index in [4.69, 9.17) is 10.2 Å². The van der Waals surface area contributed by atoms with Gasteiger partial charge in [-0.25, -0.2) is 4.79 Å². The molecule has 7 nitrogen and oxygen atoms in total. The second kappa shape index (κ2) is 5.73. The van der Waals surface area contributed by atoms with Crippen molar-refractivity contribution in [2.45, 2.75) is 38.9 Å². The molecule has 8 heteroatoms. The Kier molecular flexibility index (Phi) is 3.95. The zero-order valence-corrected chi connectivity index (χ0v) is 16.1. The molecule has 2 aromatic heterocycles. The van der Waals surface area contributed by atoms with Crippen LogP contribution in [0.1, 0.15) is 20.8 Å². The number of benzene rings is 1. The van der Waals surface area contributed by atoms with Gasteiger partial charge in [0.25, 0.3) is 8.32 Å². The number of nitrogens with zero attached hydrogens (tertiary/aromatic N) is 2. The van der Waals surface area contributed by atoms with Gasteiger partial charge in [0, 0.05) is 17.0 Å². The molecule has 0 atom stereocenters. The molecule has 3 rings (SSSR count). The molecule has 3 aromatic rings. The highest BCUT2D eigenvalue weighted by molar-refractivity contribution is 6.75. The van der Waals surface area contributed by atoms with Crippen LogP contribution in [0.4, 0.5) is 16.6 Å². The van der Waals surface area contributed by atoms with Gasteiger partial charge in [0.2, 0.25) is 5.95 Å². The largest absolute Gasteiger partial charge is 0.503 e. The number of aromatic nitrogens is 3. The maximum atomic E-state index is 12.3. The molecule has 0 spiro atoms. The highest BCUT2D eigenvalue weighted by atomic mass is 28.4. The number of rotatable bonds is 2. The highest BCUT2D eigenvalue weighted by Gasteiger charge is 2.40. The molecule has 1 amide bonds. The predicted molar refractivity (Wildman–Crippen MR) is 103 cm³/mol. The van der Waals surface area contributed by atoms with Gasteiger partial charge in [0.05, 0.1) is 11.0 Å². The number of carbonyl (C=O) groups is 1. The molecule has 4 N–H and O–H groups in total. The summed E-state index contributed by atoms with van der Waals surface area (Å²) in [5, 5.41) is 4.30. The Hall–Kier alpha value is -2.61. The van der Waals surface area contributed by atoms with Crippen LogP contribution in [0.25, 0.3) is 21.8 Å². The lowest BCUT2D eigenvalue weighted by Gasteiger charge is -2.35. The van der Waals surface area contributed by atoms with E-state index in [1.165, 1.54) is 0 Å². The maximum absolute atomic E-state index is 12.3. The van der Waals surface area contributed by atoms with Crippen LogP contribution in [0.15, 0.2) is 24.4 Å². The number of hydrogen-bond donors (Lipinski definition) is 3. The van der Waals surface area contributed by atoms with Gasteiger partial charge in [-0.1, -0.05) is 20.8 Å². The second-order valence-electron chi connectivity index (χ2n) is 7.61. The molecule has 0 saturated carbocycles. The van der Waals surface area contributed by atoms with Crippen molar-refractivity contribution in [3.8, 4) is 0 Å². The third kappa shape index (κ3) is 3.17. The van der Waals surface area contributed by atoms with Crippen LogP contribution in [-0.4, -0.2) is 29.4 Å². The number of nitrogens with one attached hydrogen (secondary N) is 2. The fraction of sp³-hybridized carbons (Fsp3) is 0.353. The molecular formula is C17H23N5O2Si. The van der Waals surface area contributed by atoms with Crippen molar-refractivity contribution < 1.29 is 9.22 Å². The van der Waals surface area contributed by atoms with Crippen molar-refractivity contribution in [3.63, 3.8) is 0 Å². The number of hydrogen-bond acceptors (Lipinski definition) is 5. The first-order valence-corrected chi connectivity index (χ1v) is 11.0. The molecule has 0 fully saturated rings. The van der Waals surface area contributed by atoms with Gasteiger partial charge in [-0.2, -0.15) is 4.98 Å². The normalized spacial score (nSPS) is 12.5. The van der Waals surface area contributed by atoms with Crippen LogP contribution >= 0.6 is 0 Å². The Morgan fingerprint density at radius 2 is 2.00 bits per heavy atom. The van der Waals surface area contributed by atoms with E-state index in [1.807, 2.05) is 31.3 Å². The van der Waals surface area contributed by atoms with Crippen molar-refractivity contribution in [2.24, 2.45) is 0 Å². The SMILES string of the molecule is CC(C)(C)[Si](C)(C)OC(=O)Nc1nc(N)c2c(ccc3nccc32)[nH]1. The minimum absolute atomic E-state index is 0.0692. The number of fused-ring (bicyclic) bond motifs is 3. The fourth-order valence-corrected chi connectivity index (χ4v) is 3.18. The minimum atomic E-state index is -2.21. The summed E-state index contributed by atoms with van der Waals surface area (Å²) < 4.78 is 5.69. The van der Waals surface area contributed by atoms with Crippen molar-refractivity contribution in [3.05, 3.63) is 24.4 Å². The first kappa shape index (κ1) is 17.2. The van der Waals surface area contributed by atoms with Crippen LogP contribution < -0.4 is 11.1 Å². The van der Waals surface area contributed by atoms with Gasteiger partial charge in [-0.05, 0) is 36.3 Å². The van der Waals surface area contributed by atoms with Crippen molar-refractivity contribution in [1.29, 1.82) is 0 Å². The number of H-pyrrole nitrogens is 1. The topological polar surface area (TPSA) is 106 Å². The molecule has 1 aromatic carbocycles. The smallest absolute Gasteiger partial charge is 0.400 e. The van der Waals surface area contributed by atoms with E-state index < -0.39 is 14.4 Å². The zero-order chi connectivity index (χ0) is 18.4. The lowest BCUT2D eigenvalue weighted by atomic mass is 10.1. The summed E-state index contributed by atoms with van der Waals surface area (Å²) >= 11 is 0. The molecule has 132 valence electrons. The second-order valence-corrected chi connectivity index (χ2v) is 12.3. The average molecular weight is 357 g/mol. The van der Waals surface area contributed by atoms with E-state index in [0.717, 1.165) is 21.8 Å². The number of nitrogen functional groups attached to an aromatic ring is 1. The first-order valence-electron chi connectivity index (χ1n) is 8.11. The number of aromatic amines is 1. The van der Waals surface area contributed by atoms with Crippen LogP contribution in [0.2, 0.25) is 18.1 Å². The molecule has 0 aliphatic rings. The summed E-state index contributed by atoms with van der Waals surface area (Å²) in [6.45, 7) is 10.2. The Morgan fingerprint density at radius 3 is 2.68 bits per heavy atom. The average Bonchev–Trinajstić information content (AvgIpc) is 2.93. The molecular weight excluding hydrogens is 334 g/mol. The van der Waals surface area contributed by atoms with E-state index in [2.05, 4.69) is 41.0 Å². The van der Waals surface area contributed by atoms with Crippen LogP contribution in [0.5, 0.6) is 0 Å². The molecule has 0 aliphatic carbocycles. The minimum Gasteiger partial charge on any atom is -0.503 e. The van der Waals surface area contributed by atoms with E-state index in [9.17, 15) is 4.79 Å². The first-order chi connectivity index (χ1) is 11.6. The highest BCUT2D eigenvalue weighted by Crippen LogP contribution is 2.36. The molecule has 25 heavy (non-hydrogen) atoms. The summed E-state index contributed by atoms with van der Waals surface area (Å²) in [5.74, 6) is 0.586. The fourth-order valence-electron chi connectivity index (χ4n) is 2.36. The number of amides is 1. The molecule has 0 radical (unpaired) electrons. The molecule has 2 heterocycles. The van der Waals surface area contributed by atoms with E-state index in [-0.39, 0.29) is 11.0 Å². The van der Waals surface area contributed by atoms with Gasteiger partial charge >= 0.3 is 6.09 Å². The number of carbonyl (C=O) groups excluding carboxylic acids is 1.